The van der Waals surface area contributed by atoms with Gasteiger partial charge in [0.15, 0.2) is 11.7 Å². The highest BCUT2D eigenvalue weighted by Crippen LogP contribution is 2.30. The van der Waals surface area contributed by atoms with Crippen molar-refractivity contribution in [2.75, 3.05) is 11.9 Å². The lowest BCUT2D eigenvalue weighted by atomic mass is 10.1. The van der Waals surface area contributed by atoms with E-state index >= 15 is 0 Å². The fourth-order valence-electron chi connectivity index (χ4n) is 2.05. The minimum absolute atomic E-state index is 0.113. The predicted octanol–water partition coefficient (Wildman–Crippen LogP) is 4.21. The molecule has 2 N–H and O–H groups in total. The summed E-state index contributed by atoms with van der Waals surface area (Å²) < 4.78 is 43.4. The number of carbonyl (C=O) groups excluding carboxylic acids is 1. The van der Waals surface area contributed by atoms with E-state index in [0.717, 1.165) is 23.3 Å². The van der Waals surface area contributed by atoms with Crippen LogP contribution in [0.4, 0.5) is 18.9 Å². The molecule has 0 aliphatic heterocycles. The van der Waals surface area contributed by atoms with E-state index in [1.165, 1.54) is 12.1 Å². The summed E-state index contributed by atoms with van der Waals surface area (Å²) in [7, 11) is 0. The zero-order valence-electron chi connectivity index (χ0n) is 14.1. The number of nitrogens with one attached hydrogen (secondary N) is 2. The molecule has 2 rings (SSSR count). The summed E-state index contributed by atoms with van der Waals surface area (Å²) in [5.41, 5.74) is 1.45. The Balaban J connectivity index is 1.87. The Morgan fingerprint density at radius 2 is 1.85 bits per heavy atom. The quantitative estimate of drug-likeness (QED) is 0.778. The third-order valence-corrected chi connectivity index (χ3v) is 3.75. The lowest BCUT2D eigenvalue weighted by Gasteiger charge is -2.12. The van der Waals surface area contributed by atoms with Crippen LogP contribution in [0.1, 0.15) is 16.7 Å². The van der Waals surface area contributed by atoms with E-state index in [1.54, 1.807) is 6.07 Å². The summed E-state index contributed by atoms with van der Waals surface area (Å²) in [5.74, 6) is 0.0210. The van der Waals surface area contributed by atoms with Crippen LogP contribution in [0.5, 0.6) is 5.75 Å². The van der Waals surface area contributed by atoms with E-state index in [4.69, 9.17) is 17.0 Å². The maximum Gasteiger partial charge on any atom is 0.416 e. The van der Waals surface area contributed by atoms with Crippen molar-refractivity contribution >= 4 is 28.9 Å². The van der Waals surface area contributed by atoms with E-state index in [2.05, 4.69) is 10.6 Å². The van der Waals surface area contributed by atoms with E-state index in [-0.39, 0.29) is 17.4 Å². The standard InChI is InChI=1S/C18H17F3N2O2S/c1-11-6-7-15(8-12(11)2)25-10-16(24)23-17(26)22-14-5-3-4-13(9-14)18(19,20)21/h3-9H,10H2,1-2H3,(H2,22,23,24,26). The summed E-state index contributed by atoms with van der Waals surface area (Å²) in [6.45, 7) is 3.62. The van der Waals surface area contributed by atoms with Crippen LogP contribution >= 0.6 is 12.2 Å². The fourth-order valence-corrected chi connectivity index (χ4v) is 2.28. The molecule has 0 aromatic heterocycles. The van der Waals surface area contributed by atoms with Gasteiger partial charge in [0.1, 0.15) is 5.75 Å². The summed E-state index contributed by atoms with van der Waals surface area (Å²) in [5, 5.41) is 4.79. The van der Waals surface area contributed by atoms with Gasteiger partial charge < -0.3 is 10.1 Å². The van der Waals surface area contributed by atoms with Crippen molar-refractivity contribution in [1.82, 2.24) is 5.32 Å². The van der Waals surface area contributed by atoms with Crippen LogP contribution in [-0.2, 0) is 11.0 Å². The van der Waals surface area contributed by atoms with E-state index in [0.29, 0.717) is 5.75 Å². The van der Waals surface area contributed by atoms with Crippen LogP contribution in [0.2, 0.25) is 0 Å². The Labute approximate surface area is 154 Å². The highest BCUT2D eigenvalue weighted by molar-refractivity contribution is 7.80. The first kappa shape index (κ1) is 19.7. The van der Waals surface area contributed by atoms with Crippen molar-refractivity contribution in [2.45, 2.75) is 20.0 Å². The smallest absolute Gasteiger partial charge is 0.416 e. The second kappa shape index (κ2) is 8.18. The van der Waals surface area contributed by atoms with Gasteiger partial charge in [0, 0.05) is 5.69 Å². The van der Waals surface area contributed by atoms with Gasteiger partial charge in [-0.15, -0.1) is 0 Å². The van der Waals surface area contributed by atoms with Gasteiger partial charge in [0.2, 0.25) is 0 Å². The molecular weight excluding hydrogens is 365 g/mol. The molecule has 0 spiro atoms. The highest BCUT2D eigenvalue weighted by Gasteiger charge is 2.30. The van der Waals surface area contributed by atoms with Gasteiger partial charge >= 0.3 is 6.18 Å². The third-order valence-electron chi connectivity index (χ3n) is 3.55. The van der Waals surface area contributed by atoms with Gasteiger partial charge in [0.05, 0.1) is 5.56 Å². The topological polar surface area (TPSA) is 50.4 Å². The van der Waals surface area contributed by atoms with Crippen molar-refractivity contribution in [3.63, 3.8) is 0 Å². The molecule has 0 radical (unpaired) electrons. The SMILES string of the molecule is Cc1ccc(OCC(=O)NC(=S)Nc2cccc(C(F)(F)F)c2)cc1C. The number of thiocarbonyl (C=S) groups is 1. The molecular formula is C18H17F3N2O2S. The maximum absolute atomic E-state index is 12.7. The molecule has 0 unspecified atom stereocenters. The van der Waals surface area contributed by atoms with Crippen molar-refractivity contribution < 1.29 is 22.7 Å². The van der Waals surface area contributed by atoms with Gasteiger partial charge in [-0.1, -0.05) is 12.1 Å². The average Bonchev–Trinajstić information content (AvgIpc) is 2.55. The van der Waals surface area contributed by atoms with Crippen LogP contribution in [0, 0.1) is 13.8 Å². The van der Waals surface area contributed by atoms with Crippen molar-refractivity contribution in [3.8, 4) is 5.75 Å². The Morgan fingerprint density at radius 3 is 2.50 bits per heavy atom. The Bertz CT molecular complexity index is 822. The zero-order valence-corrected chi connectivity index (χ0v) is 14.9. The van der Waals surface area contributed by atoms with Gasteiger partial charge in [0.25, 0.3) is 5.91 Å². The molecule has 4 nitrogen and oxygen atoms in total. The Kier molecular flexibility index (Phi) is 6.20. The normalized spacial score (nSPS) is 11.0. The highest BCUT2D eigenvalue weighted by atomic mass is 32.1. The second-order valence-corrected chi connectivity index (χ2v) is 6.02. The summed E-state index contributed by atoms with van der Waals surface area (Å²) in [6, 6.07) is 9.95. The summed E-state index contributed by atoms with van der Waals surface area (Å²) >= 11 is 4.94. The summed E-state index contributed by atoms with van der Waals surface area (Å²) in [4.78, 5) is 11.9. The van der Waals surface area contributed by atoms with Gasteiger partial charge in [-0.3, -0.25) is 10.1 Å². The lowest BCUT2D eigenvalue weighted by molar-refractivity contribution is -0.137. The molecule has 0 atom stereocenters. The average molecular weight is 382 g/mol. The van der Waals surface area contributed by atoms with Crippen molar-refractivity contribution in [1.29, 1.82) is 0 Å². The number of hydrogen-bond acceptors (Lipinski definition) is 3. The first-order valence-corrected chi connectivity index (χ1v) is 8.04. The molecule has 0 aliphatic rings. The Hall–Kier alpha value is -2.61. The van der Waals surface area contributed by atoms with Crippen LogP contribution < -0.4 is 15.4 Å². The molecule has 0 aliphatic carbocycles. The number of ether oxygens (including phenoxy) is 1. The number of anilines is 1. The second-order valence-electron chi connectivity index (χ2n) is 5.62. The molecule has 2 aromatic rings. The molecule has 8 heteroatoms. The van der Waals surface area contributed by atoms with Crippen molar-refractivity contribution in [3.05, 3.63) is 59.2 Å². The largest absolute Gasteiger partial charge is 0.484 e. The molecule has 0 saturated heterocycles. The monoisotopic (exact) mass is 382 g/mol. The zero-order chi connectivity index (χ0) is 19.3. The number of aryl methyl sites for hydroxylation is 2. The first-order chi connectivity index (χ1) is 12.1. The predicted molar refractivity (Wildman–Crippen MR) is 97.2 cm³/mol. The van der Waals surface area contributed by atoms with Crippen LogP contribution in [0.15, 0.2) is 42.5 Å². The maximum atomic E-state index is 12.7. The number of rotatable bonds is 4. The van der Waals surface area contributed by atoms with Crippen LogP contribution in [0.3, 0.4) is 0 Å². The van der Waals surface area contributed by atoms with Gasteiger partial charge in [-0.05, 0) is 67.5 Å². The van der Waals surface area contributed by atoms with Crippen LogP contribution in [0.25, 0.3) is 0 Å². The number of halogens is 3. The molecule has 26 heavy (non-hydrogen) atoms. The van der Waals surface area contributed by atoms with E-state index < -0.39 is 17.6 Å². The number of carbonyl (C=O) groups is 1. The Morgan fingerprint density at radius 1 is 1.12 bits per heavy atom. The molecule has 138 valence electrons. The molecule has 0 heterocycles. The van der Waals surface area contributed by atoms with Crippen LogP contribution in [-0.4, -0.2) is 17.6 Å². The number of benzene rings is 2. The van der Waals surface area contributed by atoms with Crippen molar-refractivity contribution in [2.24, 2.45) is 0 Å². The number of hydrogen-bond donors (Lipinski definition) is 2. The third kappa shape index (κ3) is 5.73. The molecule has 0 saturated carbocycles. The number of amides is 1. The number of alkyl halides is 3. The summed E-state index contributed by atoms with van der Waals surface area (Å²) in [6.07, 6.45) is -4.46. The molecule has 0 bridgehead atoms. The lowest BCUT2D eigenvalue weighted by Crippen LogP contribution is -2.37. The first-order valence-electron chi connectivity index (χ1n) is 7.63. The van der Waals surface area contributed by atoms with E-state index in [9.17, 15) is 18.0 Å². The minimum atomic E-state index is -4.46. The fraction of sp³-hybridized carbons (Fsp3) is 0.222. The van der Waals surface area contributed by atoms with Gasteiger partial charge in [-0.25, -0.2) is 0 Å². The molecule has 0 fully saturated rings. The molecule has 2 aromatic carbocycles. The van der Waals surface area contributed by atoms with E-state index in [1.807, 2.05) is 26.0 Å². The van der Waals surface area contributed by atoms with Gasteiger partial charge in [-0.2, -0.15) is 13.2 Å². The molecule has 1 amide bonds. The minimum Gasteiger partial charge on any atom is -0.484 e.